The molecule has 0 aliphatic carbocycles. The van der Waals surface area contributed by atoms with Crippen LogP contribution in [0.25, 0.3) is 10.2 Å². The van der Waals surface area contributed by atoms with E-state index in [1.165, 1.54) is 28.6 Å². The molecule has 3 aromatic carbocycles. The molecular formula is C28H23F2N5O5S2. The Labute approximate surface area is 243 Å². The first-order valence-corrected chi connectivity index (χ1v) is 14.9. The van der Waals surface area contributed by atoms with Crippen LogP contribution in [0.3, 0.4) is 0 Å². The van der Waals surface area contributed by atoms with Crippen molar-refractivity contribution < 1.29 is 31.5 Å². The van der Waals surface area contributed by atoms with Crippen molar-refractivity contribution >= 4 is 54.2 Å². The van der Waals surface area contributed by atoms with E-state index in [-0.39, 0.29) is 23.9 Å². The number of hydrogen-bond donors (Lipinski definition) is 2. The van der Waals surface area contributed by atoms with Crippen molar-refractivity contribution in [2.24, 2.45) is 5.92 Å². The summed E-state index contributed by atoms with van der Waals surface area (Å²) in [6.45, 7) is 0.274. The monoisotopic (exact) mass is 611 g/mol. The van der Waals surface area contributed by atoms with E-state index >= 15 is 0 Å². The number of benzene rings is 3. The highest BCUT2D eigenvalue weighted by Gasteiger charge is 2.33. The van der Waals surface area contributed by atoms with Gasteiger partial charge in [0.2, 0.25) is 15.9 Å². The Bertz CT molecular complexity index is 1840. The molecule has 0 bridgehead atoms. The van der Waals surface area contributed by atoms with Crippen LogP contribution in [0.1, 0.15) is 28.8 Å². The van der Waals surface area contributed by atoms with Gasteiger partial charge in [-0.15, -0.1) is 0 Å². The average Bonchev–Trinajstić information content (AvgIpc) is 3.39. The number of anilines is 2. The number of amides is 2. The van der Waals surface area contributed by atoms with Crippen LogP contribution < -0.4 is 15.4 Å². The van der Waals surface area contributed by atoms with Gasteiger partial charge in [-0.1, -0.05) is 11.3 Å². The quantitative estimate of drug-likeness (QED) is 0.307. The van der Waals surface area contributed by atoms with Gasteiger partial charge in [-0.2, -0.15) is 9.57 Å². The summed E-state index contributed by atoms with van der Waals surface area (Å²) in [4.78, 5) is 30.2. The van der Waals surface area contributed by atoms with Crippen LogP contribution in [0.5, 0.6) is 5.75 Å². The number of nitrogens with one attached hydrogen (secondary N) is 2. The number of nitrogens with zero attached hydrogens (tertiary/aromatic N) is 3. The molecular weight excluding hydrogens is 588 g/mol. The fourth-order valence-corrected chi connectivity index (χ4v) is 7.01. The molecule has 216 valence electrons. The van der Waals surface area contributed by atoms with Crippen molar-refractivity contribution in [3.63, 3.8) is 0 Å². The van der Waals surface area contributed by atoms with Gasteiger partial charge in [-0.05, 0) is 67.4 Å². The number of carbonyl (C=O) groups excluding carboxylic acids is 2. The smallest absolute Gasteiger partial charge is 0.258 e. The molecule has 2 heterocycles. The zero-order chi connectivity index (χ0) is 30.0. The molecule has 14 heteroatoms. The second kappa shape index (κ2) is 11.8. The summed E-state index contributed by atoms with van der Waals surface area (Å²) < 4.78 is 61.0. The molecule has 1 atom stereocenters. The van der Waals surface area contributed by atoms with Crippen LogP contribution in [-0.4, -0.2) is 49.7 Å². The van der Waals surface area contributed by atoms with Gasteiger partial charge in [0.15, 0.2) is 22.5 Å². The van der Waals surface area contributed by atoms with Gasteiger partial charge in [0.25, 0.3) is 5.91 Å². The first-order valence-electron chi connectivity index (χ1n) is 12.7. The highest BCUT2D eigenvalue weighted by molar-refractivity contribution is 7.89. The summed E-state index contributed by atoms with van der Waals surface area (Å²) in [6, 6.07) is 14.3. The largest absolute Gasteiger partial charge is 0.491 e. The van der Waals surface area contributed by atoms with Gasteiger partial charge in [-0.3, -0.25) is 9.59 Å². The van der Waals surface area contributed by atoms with Gasteiger partial charge in [0, 0.05) is 18.8 Å². The average molecular weight is 612 g/mol. The predicted octanol–water partition coefficient (Wildman–Crippen LogP) is 4.75. The predicted molar refractivity (Wildman–Crippen MR) is 152 cm³/mol. The number of sulfonamides is 1. The van der Waals surface area contributed by atoms with Crippen LogP contribution in [0.4, 0.5) is 19.6 Å². The van der Waals surface area contributed by atoms with Crippen molar-refractivity contribution in [2.45, 2.75) is 17.7 Å². The summed E-state index contributed by atoms with van der Waals surface area (Å²) in [5.41, 5.74) is 0.815. The normalized spacial score (nSPS) is 15.6. The standard InChI is InChI=1S/C28H23F2N5O5S2/c1-40-25-21(29)10-9-20(24(25)30)27(37)32-18-6-11-22-23(13-18)41-28(33-22)34-26(36)17-3-2-12-35(15-17)42(38,39)19-7-4-16(14-31)5-8-19/h4-11,13,17H,2-3,12,15H2,1H3,(H,32,37)(H,33,34,36). The molecule has 1 saturated heterocycles. The second-order valence-corrected chi connectivity index (χ2v) is 12.4. The lowest BCUT2D eigenvalue weighted by Crippen LogP contribution is -2.43. The molecule has 42 heavy (non-hydrogen) atoms. The van der Waals surface area contributed by atoms with E-state index in [1.54, 1.807) is 18.2 Å². The fourth-order valence-electron chi connectivity index (χ4n) is 4.58. The molecule has 10 nitrogen and oxygen atoms in total. The van der Waals surface area contributed by atoms with Gasteiger partial charge >= 0.3 is 0 Å². The zero-order valence-corrected chi connectivity index (χ0v) is 23.7. The number of thiazole rings is 1. The van der Waals surface area contributed by atoms with E-state index in [4.69, 9.17) is 5.26 Å². The van der Waals surface area contributed by atoms with Gasteiger partial charge in [0.1, 0.15) is 0 Å². The maximum absolute atomic E-state index is 14.5. The molecule has 1 aliphatic rings. The molecule has 4 aromatic rings. The van der Waals surface area contributed by atoms with Gasteiger partial charge < -0.3 is 15.4 Å². The van der Waals surface area contributed by atoms with E-state index in [0.717, 1.165) is 30.6 Å². The first-order chi connectivity index (χ1) is 20.1. The Hall–Kier alpha value is -4.45. The SMILES string of the molecule is COc1c(F)ccc(C(=O)Nc2ccc3nc(NC(=O)C4CCCN(S(=O)(=O)c5ccc(C#N)cc5)C4)sc3c2)c1F. The third-order valence-electron chi connectivity index (χ3n) is 6.75. The van der Waals surface area contributed by atoms with E-state index in [9.17, 15) is 26.8 Å². The Kier molecular flexibility index (Phi) is 8.17. The van der Waals surface area contributed by atoms with E-state index in [2.05, 4.69) is 20.4 Å². The number of halogens is 2. The Morgan fingerprint density at radius 3 is 2.60 bits per heavy atom. The molecule has 1 fully saturated rings. The van der Waals surface area contributed by atoms with E-state index in [1.807, 2.05) is 6.07 Å². The van der Waals surface area contributed by atoms with Crippen LogP contribution in [0.15, 0.2) is 59.5 Å². The van der Waals surface area contributed by atoms with Gasteiger partial charge in [-0.25, -0.2) is 22.2 Å². The molecule has 0 spiro atoms. The number of nitriles is 1. The van der Waals surface area contributed by atoms with E-state index in [0.29, 0.717) is 39.4 Å². The summed E-state index contributed by atoms with van der Waals surface area (Å²) in [6.07, 6.45) is 0.994. The minimum atomic E-state index is -3.84. The molecule has 0 radical (unpaired) electrons. The number of carbonyl (C=O) groups is 2. The summed E-state index contributed by atoms with van der Waals surface area (Å²) in [7, 11) is -2.75. The van der Waals surface area contributed by atoms with Crippen molar-refractivity contribution in [1.29, 1.82) is 5.26 Å². The number of methoxy groups -OCH3 is 1. The number of ether oxygens (including phenoxy) is 1. The maximum atomic E-state index is 14.5. The molecule has 2 amide bonds. The Morgan fingerprint density at radius 2 is 1.88 bits per heavy atom. The van der Waals surface area contributed by atoms with Crippen LogP contribution in [0.2, 0.25) is 0 Å². The maximum Gasteiger partial charge on any atom is 0.258 e. The number of rotatable bonds is 7. The lowest BCUT2D eigenvalue weighted by atomic mass is 9.99. The fraction of sp³-hybridized carbons (Fsp3) is 0.214. The Morgan fingerprint density at radius 1 is 1.12 bits per heavy atom. The second-order valence-electron chi connectivity index (χ2n) is 9.43. The zero-order valence-electron chi connectivity index (χ0n) is 22.1. The molecule has 5 rings (SSSR count). The summed E-state index contributed by atoms with van der Waals surface area (Å²) in [5, 5.41) is 14.6. The van der Waals surface area contributed by atoms with Crippen molar-refractivity contribution in [2.75, 3.05) is 30.8 Å². The highest BCUT2D eigenvalue weighted by Crippen LogP contribution is 2.31. The van der Waals surface area contributed by atoms with Crippen LogP contribution >= 0.6 is 11.3 Å². The molecule has 2 N–H and O–H groups in total. The number of fused-ring (bicyclic) bond motifs is 1. The third kappa shape index (κ3) is 5.80. The number of hydrogen-bond acceptors (Lipinski definition) is 8. The number of aromatic nitrogens is 1. The van der Waals surface area contributed by atoms with Crippen LogP contribution in [0, 0.1) is 28.9 Å². The summed E-state index contributed by atoms with van der Waals surface area (Å²) >= 11 is 1.15. The lowest BCUT2D eigenvalue weighted by molar-refractivity contribution is -0.120. The summed E-state index contributed by atoms with van der Waals surface area (Å²) in [5.74, 6) is -4.49. The third-order valence-corrected chi connectivity index (χ3v) is 9.56. The highest BCUT2D eigenvalue weighted by atomic mass is 32.2. The number of piperidine rings is 1. The topological polar surface area (TPSA) is 141 Å². The first kappa shape index (κ1) is 29.1. The molecule has 1 unspecified atom stereocenters. The van der Waals surface area contributed by atoms with E-state index < -0.39 is 44.8 Å². The minimum Gasteiger partial charge on any atom is -0.491 e. The molecule has 1 aliphatic heterocycles. The Balaban J connectivity index is 1.26. The lowest BCUT2D eigenvalue weighted by Gasteiger charge is -2.31. The molecule has 0 saturated carbocycles. The van der Waals surface area contributed by atoms with Crippen molar-refractivity contribution in [3.8, 4) is 11.8 Å². The van der Waals surface area contributed by atoms with Gasteiger partial charge in [0.05, 0.1) is 45.3 Å². The molecule has 1 aromatic heterocycles. The minimum absolute atomic E-state index is 0.0000262. The van der Waals surface area contributed by atoms with Crippen molar-refractivity contribution in [3.05, 3.63) is 77.4 Å². The van der Waals surface area contributed by atoms with Crippen LogP contribution in [-0.2, 0) is 14.8 Å². The van der Waals surface area contributed by atoms with Crippen molar-refractivity contribution in [1.82, 2.24) is 9.29 Å².